The average molecular weight is 711 g/mol. The Labute approximate surface area is 320 Å². The normalized spacial score (nSPS) is 14.7. The molecule has 2 aromatic heterocycles. The van der Waals surface area contributed by atoms with Gasteiger partial charge >= 0.3 is 0 Å². The largest absolute Gasteiger partial charge is 0.456 e. The average Bonchev–Trinajstić information content (AvgIpc) is 3.59. The van der Waals surface area contributed by atoms with Gasteiger partial charge in [-0.1, -0.05) is 119 Å². The van der Waals surface area contributed by atoms with Gasteiger partial charge in [0.1, 0.15) is 11.2 Å². The maximum Gasteiger partial charge on any atom is 0.165 e. The van der Waals surface area contributed by atoms with Gasteiger partial charge in [0.15, 0.2) is 17.5 Å². The Kier molecular flexibility index (Phi) is 7.31. The van der Waals surface area contributed by atoms with Crippen molar-refractivity contribution in [3.05, 3.63) is 150 Å². The first-order valence-corrected chi connectivity index (χ1v) is 19.0. The van der Waals surface area contributed by atoms with Crippen molar-refractivity contribution in [1.29, 1.82) is 5.26 Å². The molecule has 0 N–H and O–H groups in total. The Morgan fingerprint density at radius 3 is 1.60 bits per heavy atom. The third-order valence-corrected chi connectivity index (χ3v) is 11.8. The maximum absolute atomic E-state index is 9.54. The highest BCUT2D eigenvalue weighted by Gasteiger charge is 2.37. The Balaban J connectivity index is 1.26. The lowest BCUT2D eigenvalue weighted by molar-refractivity contribution is 0.332. The fourth-order valence-electron chi connectivity index (χ4n) is 8.73. The van der Waals surface area contributed by atoms with Crippen molar-refractivity contribution in [2.45, 2.75) is 51.4 Å². The quantitative estimate of drug-likeness (QED) is 0.170. The van der Waals surface area contributed by atoms with Crippen molar-refractivity contribution < 1.29 is 4.42 Å². The molecular formula is C50H38N4O. The minimum absolute atomic E-state index is 0.0284. The first-order valence-electron chi connectivity index (χ1n) is 19.0. The number of nitrogens with zero attached hydrogens (tertiary/aromatic N) is 4. The Bertz CT molecular complexity index is 3000. The van der Waals surface area contributed by atoms with Crippen LogP contribution in [0.4, 0.5) is 0 Å². The molecular weight excluding hydrogens is 673 g/mol. The van der Waals surface area contributed by atoms with E-state index in [1.165, 1.54) is 11.1 Å². The van der Waals surface area contributed by atoms with E-state index in [1.807, 2.05) is 48.5 Å². The number of nitriles is 1. The van der Waals surface area contributed by atoms with Crippen LogP contribution in [0.25, 0.3) is 88.8 Å². The van der Waals surface area contributed by atoms with E-state index >= 15 is 0 Å². The lowest BCUT2D eigenvalue weighted by Gasteiger charge is -2.42. The molecule has 9 aromatic rings. The molecule has 0 atom stereocenters. The van der Waals surface area contributed by atoms with Gasteiger partial charge in [-0.2, -0.15) is 5.26 Å². The molecule has 10 rings (SSSR count). The smallest absolute Gasteiger partial charge is 0.165 e. The van der Waals surface area contributed by atoms with E-state index in [4.69, 9.17) is 19.4 Å². The molecule has 2 heterocycles. The topological polar surface area (TPSA) is 75.6 Å². The van der Waals surface area contributed by atoms with Crippen LogP contribution in [0.15, 0.2) is 138 Å². The van der Waals surface area contributed by atoms with Crippen molar-refractivity contribution in [2.24, 2.45) is 0 Å². The van der Waals surface area contributed by atoms with Crippen LogP contribution in [0.1, 0.15) is 57.2 Å². The maximum atomic E-state index is 9.54. The molecule has 0 saturated heterocycles. The Morgan fingerprint density at radius 1 is 0.473 bits per heavy atom. The molecule has 0 bridgehead atoms. The van der Waals surface area contributed by atoms with Gasteiger partial charge in [0.25, 0.3) is 0 Å². The monoisotopic (exact) mass is 710 g/mol. The zero-order chi connectivity index (χ0) is 37.5. The van der Waals surface area contributed by atoms with E-state index < -0.39 is 0 Å². The summed E-state index contributed by atoms with van der Waals surface area (Å²) in [7, 11) is 0. The zero-order valence-corrected chi connectivity index (χ0v) is 31.3. The number of benzene rings is 7. The number of para-hydroxylation sites is 1. The molecule has 0 aliphatic heterocycles. The number of furan rings is 1. The number of rotatable bonds is 4. The number of fused-ring (bicyclic) bond motifs is 6. The molecule has 55 heavy (non-hydrogen) atoms. The van der Waals surface area contributed by atoms with Crippen molar-refractivity contribution in [3.63, 3.8) is 0 Å². The summed E-state index contributed by atoms with van der Waals surface area (Å²) in [6, 6.07) is 48.3. The van der Waals surface area contributed by atoms with Crippen LogP contribution in [-0.4, -0.2) is 15.0 Å². The predicted octanol–water partition coefficient (Wildman–Crippen LogP) is 13.0. The molecule has 264 valence electrons. The molecule has 7 aromatic carbocycles. The molecule has 5 nitrogen and oxygen atoms in total. The van der Waals surface area contributed by atoms with Gasteiger partial charge in [-0.05, 0) is 110 Å². The first-order chi connectivity index (χ1) is 26.7. The third kappa shape index (κ3) is 5.32. The summed E-state index contributed by atoms with van der Waals surface area (Å²) in [5.74, 6) is 1.87. The van der Waals surface area contributed by atoms with Crippen LogP contribution in [0.5, 0.6) is 0 Å². The van der Waals surface area contributed by atoms with Gasteiger partial charge in [-0.15, -0.1) is 0 Å². The Morgan fingerprint density at radius 2 is 0.964 bits per heavy atom. The van der Waals surface area contributed by atoms with E-state index in [1.54, 1.807) is 0 Å². The van der Waals surface area contributed by atoms with E-state index in [-0.39, 0.29) is 10.8 Å². The van der Waals surface area contributed by atoms with E-state index in [0.717, 1.165) is 84.1 Å². The van der Waals surface area contributed by atoms with Crippen LogP contribution in [0.3, 0.4) is 0 Å². The second-order valence-electron chi connectivity index (χ2n) is 16.2. The summed E-state index contributed by atoms with van der Waals surface area (Å²) in [5.41, 5.74) is 10.2. The summed E-state index contributed by atoms with van der Waals surface area (Å²) in [6.07, 6.45) is 2.27. The molecule has 0 saturated carbocycles. The van der Waals surface area contributed by atoms with Crippen molar-refractivity contribution in [2.75, 3.05) is 0 Å². The number of hydrogen-bond acceptors (Lipinski definition) is 5. The predicted molar refractivity (Wildman–Crippen MR) is 224 cm³/mol. The van der Waals surface area contributed by atoms with E-state index in [2.05, 4.69) is 119 Å². The van der Waals surface area contributed by atoms with Crippen molar-refractivity contribution >= 4 is 43.5 Å². The zero-order valence-electron chi connectivity index (χ0n) is 31.3. The van der Waals surface area contributed by atoms with E-state index in [0.29, 0.717) is 23.0 Å². The molecule has 0 spiro atoms. The van der Waals surface area contributed by atoms with Crippen molar-refractivity contribution in [3.8, 4) is 51.4 Å². The molecule has 0 unspecified atom stereocenters. The number of hydrogen-bond donors (Lipinski definition) is 0. The van der Waals surface area contributed by atoms with Crippen LogP contribution in [0.2, 0.25) is 0 Å². The van der Waals surface area contributed by atoms with Gasteiger partial charge in [0.2, 0.25) is 0 Å². The summed E-state index contributed by atoms with van der Waals surface area (Å²) >= 11 is 0. The molecule has 0 radical (unpaired) electrons. The Hall–Kier alpha value is -6.64. The van der Waals surface area contributed by atoms with Gasteiger partial charge in [-0.3, -0.25) is 0 Å². The second kappa shape index (κ2) is 12.2. The molecule has 0 amide bonds. The van der Waals surface area contributed by atoms with Crippen LogP contribution < -0.4 is 0 Å². The summed E-state index contributed by atoms with van der Waals surface area (Å²) in [6.45, 7) is 9.42. The van der Waals surface area contributed by atoms with Crippen LogP contribution in [-0.2, 0) is 10.8 Å². The molecule has 1 aliphatic rings. The highest BCUT2D eigenvalue weighted by molar-refractivity contribution is 6.20. The summed E-state index contributed by atoms with van der Waals surface area (Å²) in [5, 5.41) is 15.9. The molecule has 5 heteroatoms. The first kappa shape index (κ1) is 33.0. The highest BCUT2D eigenvalue weighted by atomic mass is 16.3. The van der Waals surface area contributed by atoms with Crippen LogP contribution in [0, 0.1) is 11.3 Å². The van der Waals surface area contributed by atoms with Gasteiger partial charge in [0.05, 0.1) is 11.6 Å². The minimum Gasteiger partial charge on any atom is -0.456 e. The molecule has 0 fully saturated rings. The lowest BCUT2D eigenvalue weighted by Crippen LogP contribution is -2.33. The summed E-state index contributed by atoms with van der Waals surface area (Å²) < 4.78 is 6.21. The SMILES string of the molecule is CC1(C)CCC(C)(C)c2cc(-c3nc(-c4ccc5oc6ccccc6c5c4)nc(-c4c5ccccc5c(-c5ccc(C#N)cc5)c5ccccc45)n3)ccc21. The van der Waals surface area contributed by atoms with Gasteiger partial charge in [-0.25, -0.2) is 15.0 Å². The fourth-order valence-corrected chi connectivity index (χ4v) is 8.73. The standard InChI is InChI=1S/C50H38N4O/c1-49(2)25-26-50(3,4)41-28-33(21-23-40(41)49)47-52-46(32-22-24-43-39(27-32)34-11-9-10-16-42(34)55-43)53-48(54-47)45-37-14-7-5-12-35(37)44(36-13-6-8-15-38(36)45)31-19-17-30(29-51)18-20-31/h5-24,27-28H,25-26H2,1-4H3. The second-order valence-corrected chi connectivity index (χ2v) is 16.2. The molecule has 1 aliphatic carbocycles. The highest BCUT2D eigenvalue weighted by Crippen LogP contribution is 2.47. The van der Waals surface area contributed by atoms with E-state index in [9.17, 15) is 5.26 Å². The van der Waals surface area contributed by atoms with Crippen molar-refractivity contribution in [1.82, 2.24) is 15.0 Å². The van der Waals surface area contributed by atoms with Crippen LogP contribution >= 0.6 is 0 Å². The minimum atomic E-state index is 0.0284. The number of aromatic nitrogens is 3. The van der Waals surface area contributed by atoms with Gasteiger partial charge in [0, 0.05) is 27.5 Å². The lowest BCUT2D eigenvalue weighted by atomic mass is 9.63. The van der Waals surface area contributed by atoms with Gasteiger partial charge < -0.3 is 4.42 Å². The summed E-state index contributed by atoms with van der Waals surface area (Å²) in [4.78, 5) is 16.0. The third-order valence-electron chi connectivity index (χ3n) is 11.8. The fraction of sp³-hybridized carbons (Fsp3) is 0.160.